The van der Waals surface area contributed by atoms with Gasteiger partial charge in [-0.15, -0.1) is 0 Å². The minimum absolute atomic E-state index is 0.442. The second-order valence-electron chi connectivity index (χ2n) is 8.31. The third-order valence-corrected chi connectivity index (χ3v) is 4.80. The van der Waals surface area contributed by atoms with Crippen LogP contribution in [-0.4, -0.2) is 0 Å². The van der Waals surface area contributed by atoms with Crippen molar-refractivity contribution in [3.05, 3.63) is 0 Å². The predicted molar refractivity (Wildman–Crippen MR) is 84.9 cm³/mol. The van der Waals surface area contributed by atoms with E-state index in [1.165, 1.54) is 38.5 Å². The molecule has 0 rings (SSSR count). The van der Waals surface area contributed by atoms with Crippen molar-refractivity contribution in [2.75, 3.05) is 0 Å². The zero-order valence-corrected chi connectivity index (χ0v) is 14.4. The molecule has 0 N–H and O–H groups in total. The summed E-state index contributed by atoms with van der Waals surface area (Å²) in [4.78, 5) is 0. The molecule has 0 radical (unpaired) electrons. The van der Waals surface area contributed by atoms with Crippen molar-refractivity contribution in [1.82, 2.24) is 0 Å². The van der Waals surface area contributed by atoms with Crippen molar-refractivity contribution < 1.29 is 0 Å². The van der Waals surface area contributed by atoms with E-state index in [2.05, 4.69) is 55.4 Å². The molecule has 0 aromatic heterocycles. The van der Waals surface area contributed by atoms with E-state index in [-0.39, 0.29) is 0 Å². The fourth-order valence-electron chi connectivity index (χ4n) is 3.03. The monoisotopic (exact) mass is 254 g/mol. The SMILES string of the molecule is CCCCCCC(C)(C)CC(C)C(C)C(C)(C)C. The molecule has 0 saturated heterocycles. The van der Waals surface area contributed by atoms with Gasteiger partial charge in [0, 0.05) is 0 Å². The standard InChI is InChI=1S/C18H38/c1-9-10-11-12-13-18(7,8)14-15(2)16(3)17(4,5)6/h15-16H,9-14H2,1-8H3. The lowest BCUT2D eigenvalue weighted by Gasteiger charge is -2.37. The van der Waals surface area contributed by atoms with Crippen LogP contribution in [0.25, 0.3) is 0 Å². The van der Waals surface area contributed by atoms with Crippen molar-refractivity contribution in [3.63, 3.8) is 0 Å². The molecule has 0 aliphatic rings. The smallest absolute Gasteiger partial charge is 0.0352 e. The van der Waals surface area contributed by atoms with Crippen LogP contribution >= 0.6 is 0 Å². The molecule has 0 saturated carbocycles. The van der Waals surface area contributed by atoms with Crippen LogP contribution in [0.2, 0.25) is 0 Å². The highest BCUT2D eigenvalue weighted by Crippen LogP contribution is 2.39. The molecule has 0 aliphatic heterocycles. The van der Waals surface area contributed by atoms with E-state index >= 15 is 0 Å². The average Bonchev–Trinajstić information content (AvgIpc) is 2.21. The minimum atomic E-state index is 0.442. The van der Waals surface area contributed by atoms with E-state index < -0.39 is 0 Å². The highest BCUT2D eigenvalue weighted by Gasteiger charge is 2.29. The normalized spacial score (nSPS) is 16.7. The summed E-state index contributed by atoms with van der Waals surface area (Å²) < 4.78 is 0. The fraction of sp³-hybridized carbons (Fsp3) is 1.00. The number of rotatable bonds is 8. The first-order valence-electron chi connectivity index (χ1n) is 8.10. The quantitative estimate of drug-likeness (QED) is 0.423. The van der Waals surface area contributed by atoms with E-state index in [9.17, 15) is 0 Å². The lowest BCUT2D eigenvalue weighted by molar-refractivity contribution is 0.133. The van der Waals surface area contributed by atoms with E-state index in [0.29, 0.717) is 10.8 Å². The van der Waals surface area contributed by atoms with Gasteiger partial charge in [0.25, 0.3) is 0 Å². The van der Waals surface area contributed by atoms with Gasteiger partial charge in [-0.05, 0) is 35.5 Å². The van der Waals surface area contributed by atoms with Crippen LogP contribution in [0.5, 0.6) is 0 Å². The first kappa shape index (κ1) is 18.0. The molecular weight excluding hydrogens is 216 g/mol. The van der Waals surface area contributed by atoms with Gasteiger partial charge in [-0.3, -0.25) is 0 Å². The maximum Gasteiger partial charge on any atom is -0.0352 e. The zero-order chi connectivity index (χ0) is 14.4. The van der Waals surface area contributed by atoms with Gasteiger partial charge < -0.3 is 0 Å². The molecule has 0 nitrogen and oxygen atoms in total. The molecule has 0 fully saturated rings. The summed E-state index contributed by atoms with van der Waals surface area (Å²) in [7, 11) is 0. The lowest BCUT2D eigenvalue weighted by atomic mass is 9.69. The first-order chi connectivity index (χ1) is 8.10. The Labute approximate surface area is 117 Å². The van der Waals surface area contributed by atoms with Crippen molar-refractivity contribution in [2.24, 2.45) is 22.7 Å². The highest BCUT2D eigenvalue weighted by molar-refractivity contribution is 4.80. The second kappa shape index (κ2) is 7.56. The third-order valence-electron chi connectivity index (χ3n) is 4.80. The summed E-state index contributed by atoms with van der Waals surface area (Å²) >= 11 is 0. The van der Waals surface area contributed by atoms with Crippen molar-refractivity contribution >= 4 is 0 Å². The maximum atomic E-state index is 2.46. The second-order valence-corrected chi connectivity index (χ2v) is 8.31. The largest absolute Gasteiger partial charge is 0.0654 e. The molecule has 0 aromatic rings. The number of hydrogen-bond acceptors (Lipinski definition) is 0. The molecule has 18 heavy (non-hydrogen) atoms. The average molecular weight is 255 g/mol. The van der Waals surface area contributed by atoms with Crippen LogP contribution in [-0.2, 0) is 0 Å². The van der Waals surface area contributed by atoms with Crippen LogP contribution in [0.1, 0.15) is 93.9 Å². The summed E-state index contributed by atoms with van der Waals surface area (Å²) in [5, 5.41) is 0. The molecule has 0 amide bonds. The summed E-state index contributed by atoms with van der Waals surface area (Å²) in [6.07, 6.45) is 8.36. The first-order valence-corrected chi connectivity index (χ1v) is 8.10. The molecular formula is C18H38. The van der Waals surface area contributed by atoms with Gasteiger partial charge in [-0.25, -0.2) is 0 Å². The van der Waals surface area contributed by atoms with Crippen molar-refractivity contribution in [1.29, 1.82) is 0 Å². The topological polar surface area (TPSA) is 0 Å². The Morgan fingerprint density at radius 3 is 1.83 bits per heavy atom. The molecule has 0 spiro atoms. The molecule has 110 valence electrons. The Morgan fingerprint density at radius 1 is 0.833 bits per heavy atom. The molecule has 0 heterocycles. The molecule has 2 atom stereocenters. The number of hydrogen-bond donors (Lipinski definition) is 0. The summed E-state index contributed by atoms with van der Waals surface area (Å²) in [5.74, 6) is 1.62. The Balaban J connectivity index is 4.14. The predicted octanol–water partition coefficient (Wildman–Crippen LogP) is 6.69. The van der Waals surface area contributed by atoms with E-state index in [1.54, 1.807) is 0 Å². The molecule has 0 heteroatoms. The van der Waals surface area contributed by atoms with Crippen molar-refractivity contribution in [3.8, 4) is 0 Å². The van der Waals surface area contributed by atoms with Crippen LogP contribution in [0.3, 0.4) is 0 Å². The fourth-order valence-corrected chi connectivity index (χ4v) is 3.03. The van der Waals surface area contributed by atoms with E-state index in [1.807, 2.05) is 0 Å². The van der Waals surface area contributed by atoms with Crippen LogP contribution in [0.15, 0.2) is 0 Å². The lowest BCUT2D eigenvalue weighted by Crippen LogP contribution is -2.27. The van der Waals surface area contributed by atoms with Crippen LogP contribution in [0, 0.1) is 22.7 Å². The van der Waals surface area contributed by atoms with Gasteiger partial charge in [-0.1, -0.05) is 81.1 Å². The van der Waals surface area contributed by atoms with Crippen LogP contribution in [0.4, 0.5) is 0 Å². The van der Waals surface area contributed by atoms with Gasteiger partial charge in [0.1, 0.15) is 0 Å². The maximum absolute atomic E-state index is 2.46. The van der Waals surface area contributed by atoms with Crippen LogP contribution < -0.4 is 0 Å². The minimum Gasteiger partial charge on any atom is -0.0654 e. The summed E-state index contributed by atoms with van der Waals surface area (Å²) in [6, 6.07) is 0. The Hall–Kier alpha value is 0. The molecule has 0 aliphatic carbocycles. The number of unbranched alkanes of at least 4 members (excludes halogenated alkanes) is 3. The van der Waals surface area contributed by atoms with Gasteiger partial charge in [0.15, 0.2) is 0 Å². The Kier molecular flexibility index (Phi) is 7.56. The Bertz CT molecular complexity index is 207. The third kappa shape index (κ3) is 7.44. The summed E-state index contributed by atoms with van der Waals surface area (Å²) in [5.41, 5.74) is 0.963. The zero-order valence-electron chi connectivity index (χ0n) is 14.4. The van der Waals surface area contributed by atoms with Crippen molar-refractivity contribution in [2.45, 2.75) is 93.9 Å². The van der Waals surface area contributed by atoms with Gasteiger partial charge in [-0.2, -0.15) is 0 Å². The summed E-state index contributed by atoms with van der Waals surface area (Å²) in [6.45, 7) is 19.2. The van der Waals surface area contributed by atoms with E-state index in [0.717, 1.165) is 11.8 Å². The molecule has 0 bridgehead atoms. The molecule has 2 unspecified atom stereocenters. The van der Waals surface area contributed by atoms with Gasteiger partial charge in [0.05, 0.1) is 0 Å². The van der Waals surface area contributed by atoms with Gasteiger partial charge >= 0.3 is 0 Å². The van der Waals surface area contributed by atoms with E-state index in [4.69, 9.17) is 0 Å². The highest BCUT2D eigenvalue weighted by atomic mass is 14.3. The van der Waals surface area contributed by atoms with Gasteiger partial charge in [0.2, 0.25) is 0 Å². The Morgan fingerprint density at radius 2 is 1.39 bits per heavy atom. The molecule has 0 aromatic carbocycles.